The van der Waals surface area contributed by atoms with Crippen molar-refractivity contribution in [2.24, 2.45) is 5.73 Å². The molecule has 0 aromatic carbocycles. The predicted molar refractivity (Wildman–Crippen MR) is 39.5 cm³/mol. The first-order valence-electron chi connectivity index (χ1n) is 2.93. The second kappa shape index (κ2) is 3.12. The van der Waals surface area contributed by atoms with Crippen LogP contribution < -0.4 is 5.73 Å². The lowest BCUT2D eigenvalue weighted by Gasteiger charge is -1.98. The van der Waals surface area contributed by atoms with Crippen molar-refractivity contribution in [3.8, 4) is 0 Å². The summed E-state index contributed by atoms with van der Waals surface area (Å²) >= 11 is 3.05. The SMILES string of the molecule is CC(CN)c1nnc(Br)o1. The van der Waals surface area contributed by atoms with Crippen LogP contribution in [-0.4, -0.2) is 16.7 Å². The van der Waals surface area contributed by atoms with Crippen molar-refractivity contribution in [2.75, 3.05) is 6.54 Å². The van der Waals surface area contributed by atoms with Gasteiger partial charge in [-0.1, -0.05) is 6.92 Å². The molecule has 0 amide bonds. The molecule has 0 aliphatic carbocycles. The Morgan fingerprint density at radius 2 is 2.40 bits per heavy atom. The van der Waals surface area contributed by atoms with Gasteiger partial charge in [-0.2, -0.15) is 0 Å². The minimum absolute atomic E-state index is 0.138. The van der Waals surface area contributed by atoms with Gasteiger partial charge in [-0.15, -0.1) is 10.2 Å². The van der Waals surface area contributed by atoms with E-state index in [1.165, 1.54) is 0 Å². The summed E-state index contributed by atoms with van der Waals surface area (Å²) in [5.41, 5.74) is 5.37. The van der Waals surface area contributed by atoms with Crippen LogP contribution in [0.3, 0.4) is 0 Å². The van der Waals surface area contributed by atoms with Gasteiger partial charge in [0.15, 0.2) is 0 Å². The standard InChI is InChI=1S/C5H8BrN3O/c1-3(2-7)4-8-9-5(6)10-4/h3H,2,7H2,1H3. The highest BCUT2D eigenvalue weighted by molar-refractivity contribution is 9.10. The number of aromatic nitrogens is 2. The first kappa shape index (κ1) is 7.68. The number of hydrogen-bond donors (Lipinski definition) is 1. The minimum atomic E-state index is 0.138. The molecule has 1 rings (SSSR count). The van der Waals surface area contributed by atoms with E-state index in [1.54, 1.807) is 0 Å². The van der Waals surface area contributed by atoms with Gasteiger partial charge in [0.25, 0.3) is 4.80 Å². The highest BCUT2D eigenvalue weighted by Gasteiger charge is 2.09. The lowest BCUT2D eigenvalue weighted by atomic mass is 10.2. The maximum atomic E-state index is 5.37. The largest absolute Gasteiger partial charge is 0.415 e. The Morgan fingerprint density at radius 1 is 1.70 bits per heavy atom. The number of hydrogen-bond acceptors (Lipinski definition) is 4. The van der Waals surface area contributed by atoms with E-state index < -0.39 is 0 Å². The van der Waals surface area contributed by atoms with Crippen LogP contribution in [-0.2, 0) is 0 Å². The van der Waals surface area contributed by atoms with Crippen molar-refractivity contribution in [1.29, 1.82) is 0 Å². The van der Waals surface area contributed by atoms with Crippen molar-refractivity contribution < 1.29 is 4.42 Å². The average Bonchev–Trinajstić information content (AvgIpc) is 2.34. The van der Waals surface area contributed by atoms with Crippen molar-refractivity contribution >= 4 is 15.9 Å². The monoisotopic (exact) mass is 205 g/mol. The van der Waals surface area contributed by atoms with Gasteiger partial charge in [0, 0.05) is 28.4 Å². The highest BCUT2D eigenvalue weighted by atomic mass is 79.9. The highest BCUT2D eigenvalue weighted by Crippen LogP contribution is 2.14. The van der Waals surface area contributed by atoms with Crippen LogP contribution >= 0.6 is 15.9 Å². The molecule has 1 unspecified atom stereocenters. The number of halogens is 1. The molecule has 0 aliphatic heterocycles. The summed E-state index contributed by atoms with van der Waals surface area (Å²) in [6.45, 7) is 2.45. The minimum Gasteiger partial charge on any atom is -0.415 e. The van der Waals surface area contributed by atoms with Crippen LogP contribution in [0.25, 0.3) is 0 Å². The average molecular weight is 206 g/mol. The zero-order chi connectivity index (χ0) is 7.56. The Balaban J connectivity index is 2.74. The maximum absolute atomic E-state index is 5.37. The van der Waals surface area contributed by atoms with Gasteiger partial charge in [0.1, 0.15) is 0 Å². The van der Waals surface area contributed by atoms with Crippen LogP contribution in [0.1, 0.15) is 18.7 Å². The van der Waals surface area contributed by atoms with Gasteiger partial charge in [-0.05, 0) is 0 Å². The molecule has 5 heteroatoms. The fourth-order valence-corrected chi connectivity index (χ4v) is 0.761. The van der Waals surface area contributed by atoms with E-state index in [1.807, 2.05) is 6.92 Å². The second-order valence-corrected chi connectivity index (χ2v) is 2.71. The summed E-state index contributed by atoms with van der Waals surface area (Å²) in [6, 6.07) is 0. The number of nitrogens with zero attached hydrogens (tertiary/aromatic N) is 2. The Kier molecular flexibility index (Phi) is 2.39. The van der Waals surface area contributed by atoms with Crippen molar-refractivity contribution in [3.05, 3.63) is 10.7 Å². The predicted octanol–water partition coefficient (Wildman–Crippen LogP) is 0.894. The number of nitrogens with two attached hydrogens (primary N) is 1. The van der Waals surface area contributed by atoms with E-state index in [4.69, 9.17) is 10.2 Å². The van der Waals surface area contributed by atoms with Crippen LogP contribution in [0.15, 0.2) is 9.22 Å². The van der Waals surface area contributed by atoms with E-state index in [0.29, 0.717) is 17.2 Å². The lowest BCUT2D eigenvalue weighted by molar-refractivity contribution is 0.443. The summed E-state index contributed by atoms with van der Waals surface area (Å²) in [5, 5.41) is 7.37. The van der Waals surface area contributed by atoms with Crippen LogP contribution in [0.4, 0.5) is 0 Å². The van der Waals surface area contributed by atoms with E-state index >= 15 is 0 Å². The van der Waals surface area contributed by atoms with Gasteiger partial charge < -0.3 is 10.2 Å². The molecule has 0 radical (unpaired) electrons. The summed E-state index contributed by atoms with van der Waals surface area (Å²) in [7, 11) is 0. The molecular weight excluding hydrogens is 198 g/mol. The van der Waals surface area contributed by atoms with Gasteiger partial charge in [0.05, 0.1) is 0 Å². The third kappa shape index (κ3) is 1.54. The first-order chi connectivity index (χ1) is 4.74. The Bertz CT molecular complexity index is 212. The number of rotatable bonds is 2. The summed E-state index contributed by atoms with van der Waals surface area (Å²) in [6.07, 6.45) is 0. The van der Waals surface area contributed by atoms with Gasteiger partial charge in [-0.3, -0.25) is 0 Å². The quantitative estimate of drug-likeness (QED) is 0.780. The molecule has 1 heterocycles. The molecule has 10 heavy (non-hydrogen) atoms. The first-order valence-corrected chi connectivity index (χ1v) is 3.72. The van der Waals surface area contributed by atoms with Crippen LogP contribution in [0.5, 0.6) is 0 Å². The van der Waals surface area contributed by atoms with E-state index in [9.17, 15) is 0 Å². The Morgan fingerprint density at radius 3 is 2.80 bits per heavy atom. The Hall–Kier alpha value is -0.420. The zero-order valence-electron chi connectivity index (χ0n) is 5.54. The molecule has 56 valence electrons. The van der Waals surface area contributed by atoms with Crippen LogP contribution in [0.2, 0.25) is 0 Å². The molecule has 1 aromatic rings. The van der Waals surface area contributed by atoms with E-state index in [2.05, 4.69) is 26.1 Å². The van der Waals surface area contributed by atoms with E-state index in [-0.39, 0.29) is 5.92 Å². The summed E-state index contributed by atoms with van der Waals surface area (Å²) < 4.78 is 5.05. The fraction of sp³-hybridized carbons (Fsp3) is 0.600. The van der Waals surface area contributed by atoms with Crippen molar-refractivity contribution in [1.82, 2.24) is 10.2 Å². The molecule has 0 bridgehead atoms. The molecule has 0 saturated heterocycles. The Labute approximate surface area is 66.9 Å². The van der Waals surface area contributed by atoms with Crippen molar-refractivity contribution in [3.63, 3.8) is 0 Å². The topological polar surface area (TPSA) is 64.9 Å². The lowest BCUT2D eigenvalue weighted by Crippen LogP contribution is -2.08. The molecule has 2 N–H and O–H groups in total. The van der Waals surface area contributed by atoms with Gasteiger partial charge in [-0.25, -0.2) is 0 Å². The normalized spacial score (nSPS) is 13.5. The molecule has 1 aromatic heterocycles. The molecular formula is C5H8BrN3O. The van der Waals surface area contributed by atoms with Crippen LogP contribution in [0, 0.1) is 0 Å². The molecule has 0 fully saturated rings. The van der Waals surface area contributed by atoms with E-state index in [0.717, 1.165) is 0 Å². The molecule has 0 aliphatic rings. The zero-order valence-corrected chi connectivity index (χ0v) is 7.13. The summed E-state index contributed by atoms with van der Waals surface area (Å²) in [5.74, 6) is 0.716. The molecule has 1 atom stereocenters. The smallest absolute Gasteiger partial charge is 0.284 e. The van der Waals surface area contributed by atoms with Gasteiger partial charge in [0.2, 0.25) is 5.89 Å². The second-order valence-electron chi connectivity index (χ2n) is 2.03. The maximum Gasteiger partial charge on any atom is 0.284 e. The fourth-order valence-electron chi connectivity index (χ4n) is 0.516. The third-order valence-electron chi connectivity index (χ3n) is 1.19. The van der Waals surface area contributed by atoms with Gasteiger partial charge >= 0.3 is 0 Å². The molecule has 0 spiro atoms. The summed E-state index contributed by atoms with van der Waals surface area (Å²) in [4.78, 5) is 0.405. The third-order valence-corrected chi connectivity index (χ3v) is 1.51. The molecule has 0 saturated carbocycles. The van der Waals surface area contributed by atoms with Crippen molar-refractivity contribution in [2.45, 2.75) is 12.8 Å². The molecule has 4 nitrogen and oxygen atoms in total.